The first-order valence-corrected chi connectivity index (χ1v) is 15.3. The van der Waals surface area contributed by atoms with Crippen molar-refractivity contribution >= 4 is 17.6 Å². The molecule has 38 heavy (non-hydrogen) atoms. The number of benzene rings is 2. The minimum atomic E-state index is -0.750. The summed E-state index contributed by atoms with van der Waals surface area (Å²) in [5.41, 5.74) is 4.80. The van der Waals surface area contributed by atoms with Crippen LogP contribution < -0.4 is 0 Å². The molecule has 0 radical (unpaired) electrons. The fourth-order valence-electron chi connectivity index (χ4n) is 6.92. The second-order valence-corrected chi connectivity index (χ2v) is 12.2. The van der Waals surface area contributed by atoms with Crippen molar-refractivity contribution in [2.45, 2.75) is 95.4 Å². The van der Waals surface area contributed by atoms with Gasteiger partial charge in [-0.15, -0.1) is 0 Å². The van der Waals surface area contributed by atoms with Gasteiger partial charge in [-0.1, -0.05) is 67.6 Å². The zero-order valence-electron chi connectivity index (χ0n) is 23.5. The van der Waals surface area contributed by atoms with Crippen molar-refractivity contribution in [3.8, 4) is 0 Å². The monoisotopic (exact) mass is 538 g/mol. The molecule has 2 atom stereocenters. The number of carbonyl (C=O) groups is 1. The highest BCUT2D eigenvalue weighted by Gasteiger charge is 2.31. The van der Waals surface area contributed by atoms with Gasteiger partial charge in [0.05, 0.1) is 0 Å². The smallest absolute Gasteiger partial charge is 0.325 e. The van der Waals surface area contributed by atoms with E-state index in [-0.39, 0.29) is 0 Å². The fraction of sp³-hybridized carbons (Fsp3) is 0.606. The summed E-state index contributed by atoms with van der Waals surface area (Å²) >= 11 is 6.39. The number of halogens is 1. The van der Waals surface area contributed by atoms with Gasteiger partial charge in [-0.25, -0.2) is 0 Å². The second kappa shape index (κ2) is 14.5. The Labute approximate surface area is 235 Å². The SMILES string of the molecule is Cc1cccc(C(C(=O)O)N(C)CCC(CCCN2CCCCC2)c2cccc(Cl)c2)c1C1CCCCC1. The summed E-state index contributed by atoms with van der Waals surface area (Å²) in [5.74, 6) is 0.0921. The van der Waals surface area contributed by atoms with E-state index in [9.17, 15) is 9.90 Å². The molecule has 1 saturated heterocycles. The molecule has 2 aliphatic rings. The second-order valence-electron chi connectivity index (χ2n) is 11.7. The van der Waals surface area contributed by atoms with Crippen LogP contribution in [0.1, 0.15) is 111 Å². The van der Waals surface area contributed by atoms with Crippen LogP contribution in [0.4, 0.5) is 0 Å². The van der Waals surface area contributed by atoms with Gasteiger partial charge in [0, 0.05) is 5.02 Å². The van der Waals surface area contributed by atoms with Crippen LogP contribution in [-0.4, -0.2) is 54.1 Å². The lowest BCUT2D eigenvalue weighted by atomic mass is 9.78. The molecule has 2 unspecified atom stereocenters. The highest BCUT2D eigenvalue weighted by Crippen LogP contribution is 2.39. The van der Waals surface area contributed by atoms with Gasteiger partial charge in [0.2, 0.25) is 0 Å². The molecule has 1 aliphatic carbocycles. The lowest BCUT2D eigenvalue weighted by Crippen LogP contribution is -2.34. The van der Waals surface area contributed by atoms with Gasteiger partial charge in [0.15, 0.2) is 0 Å². The molecule has 0 spiro atoms. The van der Waals surface area contributed by atoms with Crippen molar-refractivity contribution in [2.24, 2.45) is 0 Å². The molecule has 4 nitrogen and oxygen atoms in total. The summed E-state index contributed by atoms with van der Waals surface area (Å²) in [6.07, 6.45) is 13.3. The Morgan fingerprint density at radius 2 is 1.74 bits per heavy atom. The van der Waals surface area contributed by atoms with Crippen LogP contribution in [-0.2, 0) is 4.79 Å². The Morgan fingerprint density at radius 1 is 1.03 bits per heavy atom. The van der Waals surface area contributed by atoms with Gasteiger partial charge in [0.1, 0.15) is 6.04 Å². The topological polar surface area (TPSA) is 43.8 Å². The third-order valence-electron chi connectivity index (χ3n) is 8.97. The average molecular weight is 539 g/mol. The van der Waals surface area contributed by atoms with Gasteiger partial charge in [-0.3, -0.25) is 9.69 Å². The van der Waals surface area contributed by atoms with Crippen LogP contribution in [0.5, 0.6) is 0 Å². The van der Waals surface area contributed by atoms with Crippen LogP contribution in [0.3, 0.4) is 0 Å². The number of aliphatic carboxylic acids is 1. The Hall–Kier alpha value is -1.88. The van der Waals surface area contributed by atoms with Crippen molar-refractivity contribution in [1.82, 2.24) is 9.80 Å². The van der Waals surface area contributed by atoms with Gasteiger partial charge in [0.25, 0.3) is 0 Å². The third-order valence-corrected chi connectivity index (χ3v) is 9.20. The first kappa shape index (κ1) is 29.1. The van der Waals surface area contributed by atoms with Crippen molar-refractivity contribution in [3.05, 3.63) is 69.7 Å². The highest BCUT2D eigenvalue weighted by atomic mass is 35.5. The highest BCUT2D eigenvalue weighted by molar-refractivity contribution is 6.30. The van der Waals surface area contributed by atoms with E-state index in [0.717, 1.165) is 42.9 Å². The van der Waals surface area contributed by atoms with E-state index in [1.807, 2.05) is 25.2 Å². The number of carboxylic acid groups (broad SMARTS) is 1. The molecule has 0 amide bonds. The lowest BCUT2D eigenvalue weighted by molar-refractivity contribution is -0.143. The predicted molar refractivity (Wildman–Crippen MR) is 158 cm³/mol. The van der Waals surface area contributed by atoms with Crippen molar-refractivity contribution in [2.75, 3.05) is 33.2 Å². The Balaban J connectivity index is 1.48. The van der Waals surface area contributed by atoms with E-state index in [0.29, 0.717) is 11.8 Å². The molecule has 2 fully saturated rings. The van der Waals surface area contributed by atoms with E-state index < -0.39 is 12.0 Å². The molecule has 1 N–H and O–H groups in total. The molecule has 5 heteroatoms. The maximum Gasteiger partial charge on any atom is 0.325 e. The molecule has 208 valence electrons. The molecule has 1 aliphatic heterocycles. The van der Waals surface area contributed by atoms with Crippen LogP contribution >= 0.6 is 11.6 Å². The molecule has 0 aromatic heterocycles. The van der Waals surface area contributed by atoms with Crippen molar-refractivity contribution in [1.29, 1.82) is 0 Å². The van der Waals surface area contributed by atoms with Gasteiger partial charge < -0.3 is 10.0 Å². The fourth-order valence-corrected chi connectivity index (χ4v) is 7.12. The average Bonchev–Trinajstić information content (AvgIpc) is 2.91. The molecule has 2 aromatic rings. The Bertz CT molecular complexity index is 1030. The van der Waals surface area contributed by atoms with Crippen LogP contribution in [0, 0.1) is 6.92 Å². The summed E-state index contributed by atoms with van der Waals surface area (Å²) in [4.78, 5) is 17.4. The minimum absolute atomic E-state index is 0.366. The zero-order valence-corrected chi connectivity index (χ0v) is 24.3. The Morgan fingerprint density at radius 3 is 2.45 bits per heavy atom. The Kier molecular flexibility index (Phi) is 11.1. The van der Waals surface area contributed by atoms with E-state index in [4.69, 9.17) is 11.6 Å². The largest absolute Gasteiger partial charge is 0.480 e. The van der Waals surface area contributed by atoms with E-state index in [1.54, 1.807) is 0 Å². The van der Waals surface area contributed by atoms with Gasteiger partial charge >= 0.3 is 5.97 Å². The van der Waals surface area contributed by atoms with Crippen molar-refractivity contribution < 1.29 is 9.90 Å². The molecular formula is C33H47ClN2O2. The summed E-state index contributed by atoms with van der Waals surface area (Å²) in [5, 5.41) is 11.2. The number of likely N-dealkylation sites (tertiary alicyclic amines) is 1. The molecular weight excluding hydrogens is 492 g/mol. The maximum absolute atomic E-state index is 12.7. The quantitative estimate of drug-likeness (QED) is 0.296. The maximum atomic E-state index is 12.7. The predicted octanol–water partition coefficient (Wildman–Crippen LogP) is 8.19. The lowest BCUT2D eigenvalue weighted by Gasteiger charge is -2.32. The number of aryl methyl sites for hydroxylation is 1. The molecule has 4 rings (SSSR count). The number of likely N-dealkylation sites (N-methyl/N-ethyl adjacent to an activating group) is 1. The summed E-state index contributed by atoms with van der Waals surface area (Å²) < 4.78 is 0. The van der Waals surface area contributed by atoms with E-state index >= 15 is 0 Å². The summed E-state index contributed by atoms with van der Waals surface area (Å²) in [7, 11) is 1.99. The summed E-state index contributed by atoms with van der Waals surface area (Å²) in [6, 6.07) is 13.9. The molecule has 1 heterocycles. The van der Waals surface area contributed by atoms with E-state index in [1.165, 1.54) is 81.1 Å². The summed E-state index contributed by atoms with van der Waals surface area (Å²) in [6.45, 7) is 6.49. The number of rotatable bonds is 12. The van der Waals surface area contributed by atoms with Gasteiger partial charge in [-0.2, -0.15) is 0 Å². The van der Waals surface area contributed by atoms with Crippen LogP contribution in [0.2, 0.25) is 5.02 Å². The first-order chi connectivity index (χ1) is 18.4. The number of nitrogens with zero attached hydrogens (tertiary/aromatic N) is 2. The zero-order chi connectivity index (χ0) is 26.9. The van der Waals surface area contributed by atoms with Crippen LogP contribution in [0.15, 0.2) is 42.5 Å². The van der Waals surface area contributed by atoms with E-state index in [2.05, 4.69) is 41.0 Å². The molecule has 2 aromatic carbocycles. The molecule has 1 saturated carbocycles. The third kappa shape index (κ3) is 7.83. The van der Waals surface area contributed by atoms with Crippen LogP contribution in [0.25, 0.3) is 0 Å². The number of piperidine rings is 1. The van der Waals surface area contributed by atoms with Crippen molar-refractivity contribution in [3.63, 3.8) is 0 Å². The minimum Gasteiger partial charge on any atom is -0.480 e. The number of carboxylic acids is 1. The van der Waals surface area contributed by atoms with Gasteiger partial charge in [-0.05, 0) is 131 Å². The normalized spacial score (nSPS) is 18.9. The molecule has 0 bridgehead atoms. The number of hydrogen-bond acceptors (Lipinski definition) is 3. The standard InChI is InChI=1S/C33H47ClN2O2/c1-25-12-9-18-30(31(25)27-13-5-3-6-14-27)32(33(37)38)35(2)23-19-26(28-15-10-17-29(34)24-28)16-11-22-36-20-7-4-8-21-36/h9-10,12,15,17-18,24,26-27,32H,3-8,11,13-14,16,19-23H2,1-2H3,(H,37,38). The first-order valence-electron chi connectivity index (χ1n) is 14.9. The number of hydrogen-bond donors (Lipinski definition) is 1.